The lowest BCUT2D eigenvalue weighted by molar-refractivity contribution is 0.262. The lowest BCUT2D eigenvalue weighted by Gasteiger charge is -1.86. The first-order valence-electron chi connectivity index (χ1n) is 2.57. The second-order valence-electron chi connectivity index (χ2n) is 0.742. The van der Waals surface area contributed by atoms with Gasteiger partial charge < -0.3 is 5.32 Å². The molecule has 0 atom stereocenters. The molecule has 1 amide bonds. The van der Waals surface area contributed by atoms with Crippen LogP contribution >= 0.6 is 11.8 Å². The van der Waals surface area contributed by atoms with Gasteiger partial charge in [-0.1, -0.05) is 25.6 Å². The number of thioether (sulfide) groups is 1. The van der Waals surface area contributed by atoms with Gasteiger partial charge in [0.25, 0.3) is 5.24 Å². The van der Waals surface area contributed by atoms with E-state index < -0.39 is 0 Å². The van der Waals surface area contributed by atoms with Crippen LogP contribution in [0.15, 0.2) is 0 Å². The standard InChI is InChI=1S/C3H7NOS.C2H6/c1-4-3(5)6-2;1-2/h1-2H3,(H,4,5);1-2H3. The zero-order chi connectivity index (χ0) is 6.99. The third kappa shape index (κ3) is 9.27. The van der Waals surface area contributed by atoms with Crippen LogP contribution in [-0.2, 0) is 0 Å². The molecule has 0 bridgehead atoms. The number of nitrogens with one attached hydrogen (secondary N) is 1. The average molecular weight is 135 g/mol. The molecule has 0 heterocycles. The van der Waals surface area contributed by atoms with E-state index in [4.69, 9.17) is 0 Å². The van der Waals surface area contributed by atoms with E-state index in [-0.39, 0.29) is 5.24 Å². The Morgan fingerprint density at radius 3 is 1.88 bits per heavy atom. The maximum absolute atomic E-state index is 10.0. The van der Waals surface area contributed by atoms with Crippen LogP contribution < -0.4 is 5.32 Å². The fourth-order valence-corrected chi connectivity index (χ4v) is 0.306. The van der Waals surface area contributed by atoms with Crippen molar-refractivity contribution in [2.75, 3.05) is 13.3 Å². The van der Waals surface area contributed by atoms with Gasteiger partial charge in [-0.15, -0.1) is 0 Å². The van der Waals surface area contributed by atoms with Crippen molar-refractivity contribution in [2.24, 2.45) is 0 Å². The van der Waals surface area contributed by atoms with Crippen LogP contribution in [0.1, 0.15) is 13.8 Å². The van der Waals surface area contributed by atoms with Gasteiger partial charge >= 0.3 is 0 Å². The van der Waals surface area contributed by atoms with Crippen molar-refractivity contribution in [3.05, 3.63) is 0 Å². The maximum atomic E-state index is 10.0. The third-order valence-electron chi connectivity index (χ3n) is 0.390. The van der Waals surface area contributed by atoms with Crippen molar-refractivity contribution >= 4 is 17.0 Å². The Morgan fingerprint density at radius 2 is 1.88 bits per heavy atom. The van der Waals surface area contributed by atoms with Crippen molar-refractivity contribution in [1.29, 1.82) is 0 Å². The first-order chi connectivity index (χ1) is 3.81. The SMILES string of the molecule is CC.CNC(=O)SC. The van der Waals surface area contributed by atoms with Crippen LogP contribution in [0.2, 0.25) is 0 Å². The van der Waals surface area contributed by atoms with Gasteiger partial charge in [0.05, 0.1) is 0 Å². The molecule has 3 heteroatoms. The highest BCUT2D eigenvalue weighted by Gasteiger charge is 1.85. The number of hydrogen-bond acceptors (Lipinski definition) is 2. The molecule has 0 radical (unpaired) electrons. The summed E-state index contributed by atoms with van der Waals surface area (Å²) in [4.78, 5) is 10.0. The van der Waals surface area contributed by atoms with Gasteiger partial charge in [-0.05, 0) is 6.26 Å². The molecule has 0 saturated heterocycles. The van der Waals surface area contributed by atoms with E-state index in [1.165, 1.54) is 11.8 Å². The predicted octanol–water partition coefficient (Wildman–Crippen LogP) is 1.71. The molecular weight excluding hydrogens is 122 g/mol. The zero-order valence-corrected chi connectivity index (χ0v) is 6.63. The van der Waals surface area contributed by atoms with Crippen LogP contribution in [0, 0.1) is 0 Å². The van der Waals surface area contributed by atoms with Gasteiger partial charge in [-0.2, -0.15) is 0 Å². The molecule has 0 fully saturated rings. The first-order valence-corrected chi connectivity index (χ1v) is 3.79. The Kier molecular flexibility index (Phi) is 13.3. The fraction of sp³-hybridized carbons (Fsp3) is 0.800. The molecule has 0 aliphatic carbocycles. The second kappa shape index (κ2) is 9.94. The number of hydrogen-bond donors (Lipinski definition) is 1. The molecule has 0 saturated carbocycles. The Labute approximate surface area is 55.0 Å². The summed E-state index contributed by atoms with van der Waals surface area (Å²) in [5, 5.41) is 2.45. The van der Waals surface area contributed by atoms with Crippen molar-refractivity contribution in [2.45, 2.75) is 13.8 Å². The van der Waals surface area contributed by atoms with Crippen LogP contribution in [0.3, 0.4) is 0 Å². The summed E-state index contributed by atoms with van der Waals surface area (Å²) < 4.78 is 0. The smallest absolute Gasteiger partial charge is 0.278 e. The van der Waals surface area contributed by atoms with Crippen LogP contribution in [0.5, 0.6) is 0 Å². The van der Waals surface area contributed by atoms with E-state index in [9.17, 15) is 4.79 Å². The van der Waals surface area contributed by atoms with E-state index in [1.807, 2.05) is 13.8 Å². The van der Waals surface area contributed by atoms with Gasteiger partial charge in [0, 0.05) is 7.05 Å². The quantitative estimate of drug-likeness (QED) is 0.548. The van der Waals surface area contributed by atoms with Crippen molar-refractivity contribution in [1.82, 2.24) is 5.32 Å². The van der Waals surface area contributed by atoms with E-state index in [0.717, 1.165) is 0 Å². The number of amides is 1. The summed E-state index contributed by atoms with van der Waals surface area (Å²) in [6.07, 6.45) is 1.73. The largest absolute Gasteiger partial charge is 0.350 e. The topological polar surface area (TPSA) is 29.1 Å². The normalized spacial score (nSPS) is 6.50. The molecule has 0 aromatic heterocycles. The minimum atomic E-state index is 0.00926. The summed E-state index contributed by atoms with van der Waals surface area (Å²) in [6, 6.07) is 0. The molecule has 0 rings (SSSR count). The molecule has 0 aromatic carbocycles. The third-order valence-corrected chi connectivity index (χ3v) is 0.964. The lowest BCUT2D eigenvalue weighted by atomic mass is 11.0. The average Bonchev–Trinajstić information content (AvgIpc) is 1.91. The first kappa shape index (κ1) is 10.7. The minimum Gasteiger partial charge on any atom is -0.350 e. The number of rotatable bonds is 0. The van der Waals surface area contributed by atoms with E-state index in [2.05, 4.69) is 5.32 Å². The van der Waals surface area contributed by atoms with Gasteiger partial charge in [0.15, 0.2) is 0 Å². The van der Waals surface area contributed by atoms with E-state index in [0.29, 0.717) is 0 Å². The summed E-state index contributed by atoms with van der Waals surface area (Å²) in [6.45, 7) is 4.00. The minimum absolute atomic E-state index is 0.00926. The van der Waals surface area contributed by atoms with Gasteiger partial charge in [0.2, 0.25) is 0 Å². The Hall–Kier alpha value is -0.180. The van der Waals surface area contributed by atoms with E-state index in [1.54, 1.807) is 13.3 Å². The van der Waals surface area contributed by atoms with Crippen LogP contribution in [-0.4, -0.2) is 18.5 Å². The predicted molar refractivity (Wildman–Crippen MR) is 39.3 cm³/mol. The van der Waals surface area contributed by atoms with Crippen molar-refractivity contribution < 1.29 is 4.79 Å². The van der Waals surface area contributed by atoms with Crippen molar-refractivity contribution in [3.8, 4) is 0 Å². The van der Waals surface area contributed by atoms with Crippen LogP contribution in [0.25, 0.3) is 0 Å². The molecule has 0 aliphatic rings. The summed E-state index contributed by atoms with van der Waals surface area (Å²) in [5.41, 5.74) is 0. The molecule has 0 spiro atoms. The fourth-order valence-electron chi connectivity index (χ4n) is 0.102. The highest BCUT2D eigenvalue weighted by atomic mass is 32.2. The summed E-state index contributed by atoms with van der Waals surface area (Å²) in [7, 11) is 1.61. The van der Waals surface area contributed by atoms with Gasteiger partial charge in [-0.3, -0.25) is 4.79 Å². The highest BCUT2D eigenvalue weighted by molar-refractivity contribution is 8.12. The molecule has 0 aliphatic heterocycles. The second-order valence-corrected chi connectivity index (χ2v) is 1.52. The maximum Gasteiger partial charge on any atom is 0.278 e. The number of carbonyl (C=O) groups is 1. The van der Waals surface area contributed by atoms with Gasteiger partial charge in [-0.25, -0.2) is 0 Å². The molecule has 50 valence electrons. The van der Waals surface area contributed by atoms with Crippen LogP contribution in [0.4, 0.5) is 4.79 Å². The molecular formula is C5H13NOS. The molecule has 8 heavy (non-hydrogen) atoms. The Morgan fingerprint density at radius 1 is 1.50 bits per heavy atom. The highest BCUT2D eigenvalue weighted by Crippen LogP contribution is 1.88. The number of carbonyl (C=O) groups excluding carboxylic acids is 1. The van der Waals surface area contributed by atoms with Gasteiger partial charge in [0.1, 0.15) is 0 Å². The lowest BCUT2D eigenvalue weighted by Crippen LogP contribution is -2.09. The summed E-state index contributed by atoms with van der Waals surface area (Å²) >= 11 is 1.17. The van der Waals surface area contributed by atoms with Crippen molar-refractivity contribution in [3.63, 3.8) is 0 Å². The molecule has 2 nitrogen and oxygen atoms in total. The molecule has 0 unspecified atom stereocenters. The van der Waals surface area contributed by atoms with E-state index >= 15 is 0 Å². The Balaban J connectivity index is 0. The Bertz CT molecular complexity index is 50.4. The summed E-state index contributed by atoms with van der Waals surface area (Å²) in [5.74, 6) is 0. The molecule has 1 N–H and O–H groups in total. The monoisotopic (exact) mass is 135 g/mol. The zero-order valence-electron chi connectivity index (χ0n) is 5.82. The molecule has 0 aromatic rings.